The fourth-order valence-corrected chi connectivity index (χ4v) is 3.02. The maximum atomic E-state index is 12.8. The lowest BCUT2D eigenvalue weighted by Gasteiger charge is -2.13. The molecule has 6 nitrogen and oxygen atoms in total. The Kier molecular flexibility index (Phi) is 3.27. The van der Waals surface area contributed by atoms with Crippen molar-refractivity contribution in [3.63, 3.8) is 0 Å². The van der Waals surface area contributed by atoms with E-state index in [2.05, 4.69) is 4.99 Å². The molecule has 0 spiro atoms. The van der Waals surface area contributed by atoms with E-state index >= 15 is 0 Å². The highest BCUT2D eigenvalue weighted by Gasteiger charge is 2.21. The predicted molar refractivity (Wildman–Crippen MR) is 82.3 cm³/mol. The van der Waals surface area contributed by atoms with Crippen LogP contribution < -0.4 is 16.1 Å². The lowest BCUT2D eigenvalue weighted by molar-refractivity contribution is -0.113. The molecule has 116 valence electrons. The topological polar surface area (TPSA) is 88.7 Å². The van der Waals surface area contributed by atoms with E-state index in [9.17, 15) is 19.5 Å². The summed E-state index contributed by atoms with van der Waals surface area (Å²) in [6.45, 7) is 3.51. The molecule has 0 atom stereocenters. The van der Waals surface area contributed by atoms with Gasteiger partial charge in [0.25, 0.3) is 5.91 Å². The molecule has 2 heterocycles. The molecule has 2 aliphatic heterocycles. The van der Waals surface area contributed by atoms with E-state index in [1.165, 1.54) is 10.6 Å². The first-order valence-electron chi connectivity index (χ1n) is 7.14. The standard InChI is InChI=1S/C17H14N2O4/c1-4-9-6-10(7-20)19(3)15-13(9)16(22)12-8(2)5-11(21)18-14(12)17(15)23/h5-6,22H,4H2,1-3H3. The average molecular weight is 310 g/mol. The Morgan fingerprint density at radius 3 is 2.65 bits per heavy atom. The molecular weight excluding hydrogens is 296 g/mol. The SMILES string of the molecule is CCc1cc(=C=O)n(C)c2c(=O)c3c(c(O)c1=2)C(C)=CC(=O)N=3. The van der Waals surface area contributed by atoms with Crippen LogP contribution in [0, 0.1) is 10.6 Å². The number of aromatic nitrogens is 1. The van der Waals surface area contributed by atoms with Gasteiger partial charge in [-0.05, 0) is 30.5 Å². The van der Waals surface area contributed by atoms with Gasteiger partial charge in [-0.2, -0.15) is 0 Å². The van der Waals surface area contributed by atoms with E-state index < -0.39 is 11.3 Å². The molecule has 0 unspecified atom stereocenters. The molecule has 1 amide bonds. The van der Waals surface area contributed by atoms with Crippen molar-refractivity contribution in [2.24, 2.45) is 12.0 Å². The zero-order chi connectivity index (χ0) is 16.9. The summed E-state index contributed by atoms with van der Waals surface area (Å²) in [5, 5.41) is 11.4. The van der Waals surface area contributed by atoms with Gasteiger partial charge in [-0.15, -0.1) is 0 Å². The predicted octanol–water partition coefficient (Wildman–Crippen LogP) is -0.556. The number of carbonyl (C=O) groups excluding carboxylic acids is 2. The van der Waals surface area contributed by atoms with Crippen molar-refractivity contribution in [1.82, 2.24) is 4.57 Å². The van der Waals surface area contributed by atoms with Gasteiger partial charge in [0.2, 0.25) is 5.43 Å². The molecule has 0 aromatic carbocycles. The monoisotopic (exact) mass is 310 g/mol. The Morgan fingerprint density at radius 1 is 1.35 bits per heavy atom. The van der Waals surface area contributed by atoms with Gasteiger partial charge >= 0.3 is 0 Å². The molecule has 3 rings (SSSR count). The van der Waals surface area contributed by atoms with Gasteiger partial charge in [-0.1, -0.05) is 6.92 Å². The first kappa shape index (κ1) is 14.9. The summed E-state index contributed by atoms with van der Waals surface area (Å²) in [4.78, 5) is 39.4. The van der Waals surface area contributed by atoms with Crippen LogP contribution in [0.3, 0.4) is 0 Å². The van der Waals surface area contributed by atoms with Crippen molar-refractivity contribution in [2.75, 3.05) is 0 Å². The summed E-state index contributed by atoms with van der Waals surface area (Å²) in [5.74, 6) is 1.16. The van der Waals surface area contributed by atoms with Crippen LogP contribution in [0.25, 0.3) is 5.57 Å². The van der Waals surface area contributed by atoms with Crippen molar-refractivity contribution in [2.45, 2.75) is 20.3 Å². The van der Waals surface area contributed by atoms with Crippen LogP contribution in [-0.4, -0.2) is 21.5 Å². The van der Waals surface area contributed by atoms with Gasteiger partial charge in [0.05, 0.1) is 5.56 Å². The highest BCUT2D eigenvalue weighted by molar-refractivity contribution is 5.98. The molecular formula is C17H14N2O4. The zero-order valence-corrected chi connectivity index (χ0v) is 12.9. The number of allylic oxidation sites excluding steroid dienone is 1. The van der Waals surface area contributed by atoms with Crippen molar-refractivity contribution in [3.05, 3.63) is 54.8 Å². The normalized spacial score (nSPS) is 13.3. The lowest BCUT2D eigenvalue weighted by atomic mass is 9.97. The Hall–Kier alpha value is -2.98. The van der Waals surface area contributed by atoms with Gasteiger partial charge in [0.15, 0.2) is 5.94 Å². The number of carbonyl (C=O) groups is 1. The number of nitrogens with zero attached hydrogens (tertiary/aromatic N) is 2. The Morgan fingerprint density at radius 2 is 2.04 bits per heavy atom. The molecule has 3 aliphatic rings. The quantitative estimate of drug-likeness (QED) is 0.765. The highest BCUT2D eigenvalue weighted by atomic mass is 16.3. The molecule has 0 aromatic rings. The highest BCUT2D eigenvalue weighted by Crippen LogP contribution is 2.25. The summed E-state index contributed by atoms with van der Waals surface area (Å²) in [6.07, 6.45) is 1.81. The van der Waals surface area contributed by atoms with Crippen molar-refractivity contribution >= 4 is 17.4 Å². The Labute approximate surface area is 130 Å². The molecule has 0 saturated carbocycles. The number of rotatable bonds is 1. The smallest absolute Gasteiger partial charge is 0.270 e. The largest absolute Gasteiger partial charge is 0.507 e. The molecule has 0 saturated heterocycles. The zero-order valence-electron chi connectivity index (χ0n) is 12.9. The van der Waals surface area contributed by atoms with Crippen LogP contribution in [-0.2, 0) is 23.1 Å². The van der Waals surface area contributed by atoms with Gasteiger partial charge in [-0.3, -0.25) is 9.59 Å². The van der Waals surface area contributed by atoms with Crippen molar-refractivity contribution in [1.29, 1.82) is 0 Å². The first-order valence-corrected chi connectivity index (χ1v) is 7.14. The third-order valence-electron chi connectivity index (χ3n) is 4.15. The number of hydrogen-bond acceptors (Lipinski definition) is 4. The maximum Gasteiger partial charge on any atom is 0.270 e. The third-order valence-corrected chi connectivity index (χ3v) is 4.15. The molecule has 1 N–H and O–H groups in total. The number of amides is 1. The summed E-state index contributed by atoms with van der Waals surface area (Å²) in [7, 11) is 1.54. The second kappa shape index (κ2) is 5.04. The second-order valence-electron chi connectivity index (χ2n) is 5.47. The molecule has 0 fully saturated rings. The maximum absolute atomic E-state index is 12.8. The lowest BCUT2D eigenvalue weighted by Crippen LogP contribution is -2.37. The van der Waals surface area contributed by atoms with Crippen LogP contribution in [0.4, 0.5) is 0 Å². The van der Waals surface area contributed by atoms with Crippen LogP contribution >= 0.6 is 0 Å². The minimum atomic E-state index is -0.540. The summed E-state index contributed by atoms with van der Waals surface area (Å²) >= 11 is 0. The van der Waals surface area contributed by atoms with Crippen LogP contribution in [0.1, 0.15) is 25.0 Å². The molecule has 0 bridgehead atoms. The van der Waals surface area contributed by atoms with Gasteiger partial charge in [0.1, 0.15) is 21.8 Å². The number of aryl methyl sites for hydroxylation is 1. The van der Waals surface area contributed by atoms with Crippen LogP contribution in [0.5, 0.6) is 5.75 Å². The summed E-state index contributed by atoms with van der Waals surface area (Å²) in [6, 6.07) is 1.60. The van der Waals surface area contributed by atoms with Gasteiger partial charge in [0, 0.05) is 18.3 Å². The van der Waals surface area contributed by atoms with Crippen LogP contribution in [0.2, 0.25) is 0 Å². The molecule has 0 aromatic heterocycles. The minimum absolute atomic E-state index is 0.0827. The van der Waals surface area contributed by atoms with Crippen molar-refractivity contribution < 1.29 is 14.7 Å². The molecule has 1 aliphatic carbocycles. The van der Waals surface area contributed by atoms with Gasteiger partial charge < -0.3 is 9.67 Å². The number of hydrogen-bond donors (Lipinski definition) is 1. The third kappa shape index (κ3) is 1.96. The fourth-order valence-electron chi connectivity index (χ4n) is 3.02. The Bertz CT molecular complexity index is 1170. The van der Waals surface area contributed by atoms with Crippen molar-refractivity contribution in [3.8, 4) is 5.75 Å². The van der Waals surface area contributed by atoms with E-state index in [0.29, 0.717) is 22.8 Å². The van der Waals surface area contributed by atoms with E-state index in [4.69, 9.17) is 0 Å². The van der Waals surface area contributed by atoms with E-state index in [1.807, 2.05) is 6.92 Å². The fraction of sp³-hybridized carbons (Fsp3) is 0.235. The first-order chi connectivity index (χ1) is 10.9. The number of fused-ring (bicyclic) bond motifs is 1. The summed E-state index contributed by atoms with van der Waals surface area (Å²) in [5.41, 5.74) is 0.952. The van der Waals surface area contributed by atoms with E-state index in [-0.39, 0.29) is 27.4 Å². The van der Waals surface area contributed by atoms with E-state index in [0.717, 1.165) is 0 Å². The average Bonchev–Trinajstić information content (AvgIpc) is 2.51. The van der Waals surface area contributed by atoms with E-state index in [1.54, 1.807) is 26.0 Å². The molecule has 0 radical (unpaired) electrons. The molecule has 23 heavy (non-hydrogen) atoms. The summed E-state index contributed by atoms with van der Waals surface area (Å²) < 4.78 is 1.37. The van der Waals surface area contributed by atoms with Gasteiger partial charge in [-0.25, -0.2) is 9.79 Å². The minimum Gasteiger partial charge on any atom is -0.507 e. The van der Waals surface area contributed by atoms with Crippen LogP contribution in [0.15, 0.2) is 21.9 Å². The molecule has 6 heteroatoms. The Balaban J connectivity index is 2.83. The number of aromatic hydroxyl groups is 1. The second-order valence-corrected chi connectivity index (χ2v) is 5.47.